The molecule has 320 valence electrons. The van der Waals surface area contributed by atoms with Crippen LogP contribution in [0.4, 0.5) is 22.0 Å². The highest BCUT2D eigenvalue weighted by Gasteiger charge is 2.56. The van der Waals surface area contributed by atoms with Crippen molar-refractivity contribution < 1.29 is 50.5 Å². The zero-order valence-electron chi connectivity index (χ0n) is 34.1. The highest BCUT2D eigenvalue weighted by molar-refractivity contribution is 6.31. The SMILES string of the molecule is CN1CC[C@]23CCCC[C@H]2[C@H]1Cc1c(OC(=O)C(=O)Oc2cc(Oc4c(F)c(F)c(F)c(F)c4F)cc4c2C[C@@H]2[C@@H]5CCCC[C@]45CCN2C)cc(Oc2ccccc2)cc13. The second-order valence-corrected chi connectivity index (χ2v) is 18.1. The highest BCUT2D eigenvalue weighted by atomic mass is 19.2. The number of piperidine rings is 2. The molecule has 4 aliphatic carbocycles. The summed E-state index contributed by atoms with van der Waals surface area (Å²) in [5.74, 6) is -13.5. The molecule has 0 radical (unpaired) electrons. The molecule has 10 rings (SSSR count). The first-order chi connectivity index (χ1) is 29.4. The van der Waals surface area contributed by atoms with Crippen molar-refractivity contribution in [3.63, 3.8) is 0 Å². The lowest BCUT2D eigenvalue weighted by atomic mass is 9.52. The Morgan fingerprint density at radius 3 is 1.52 bits per heavy atom. The summed E-state index contributed by atoms with van der Waals surface area (Å²) in [7, 11) is 4.19. The highest BCUT2D eigenvalue weighted by Crippen LogP contribution is 2.59. The van der Waals surface area contributed by atoms with Gasteiger partial charge in [0.1, 0.15) is 28.7 Å². The first-order valence-corrected chi connectivity index (χ1v) is 21.5. The zero-order chi connectivity index (χ0) is 42.4. The topological polar surface area (TPSA) is 77.5 Å². The van der Waals surface area contributed by atoms with Crippen LogP contribution in [0, 0.1) is 40.9 Å². The Bertz CT molecular complexity index is 2420. The molecule has 2 saturated carbocycles. The fraction of sp³-hybridized carbons (Fsp3) is 0.458. The van der Waals surface area contributed by atoms with Gasteiger partial charge in [0.25, 0.3) is 0 Å². The minimum absolute atomic E-state index is 0.0762. The lowest BCUT2D eigenvalue weighted by Gasteiger charge is -2.58. The fourth-order valence-corrected chi connectivity index (χ4v) is 12.5. The van der Waals surface area contributed by atoms with Gasteiger partial charge in [-0.1, -0.05) is 43.9 Å². The van der Waals surface area contributed by atoms with Crippen LogP contribution in [-0.2, 0) is 33.3 Å². The molecule has 2 aliphatic heterocycles. The van der Waals surface area contributed by atoms with E-state index < -0.39 is 52.2 Å². The second kappa shape index (κ2) is 15.1. The number of rotatable bonds is 6. The van der Waals surface area contributed by atoms with Gasteiger partial charge in [0, 0.05) is 46.2 Å². The summed E-state index contributed by atoms with van der Waals surface area (Å²) in [6.07, 6.45) is 10.7. The molecule has 61 heavy (non-hydrogen) atoms. The number of fused-ring (bicyclic) bond motifs is 2. The Labute approximate surface area is 350 Å². The van der Waals surface area contributed by atoms with Crippen LogP contribution in [0.5, 0.6) is 34.5 Å². The van der Waals surface area contributed by atoms with Gasteiger partial charge < -0.3 is 28.7 Å². The van der Waals surface area contributed by atoms with Crippen LogP contribution in [0.2, 0.25) is 0 Å². The van der Waals surface area contributed by atoms with Crippen LogP contribution in [0.3, 0.4) is 0 Å². The minimum Gasteiger partial charge on any atom is -0.457 e. The molecule has 6 atom stereocenters. The quantitative estimate of drug-likeness (QED) is 0.0475. The number of benzene rings is 4. The van der Waals surface area contributed by atoms with Crippen molar-refractivity contribution in [2.24, 2.45) is 11.8 Å². The van der Waals surface area contributed by atoms with E-state index in [1.165, 1.54) is 6.07 Å². The third-order valence-corrected chi connectivity index (χ3v) is 15.3. The van der Waals surface area contributed by atoms with Crippen LogP contribution in [0.15, 0.2) is 54.6 Å². The molecule has 4 aromatic carbocycles. The van der Waals surface area contributed by atoms with Gasteiger partial charge in [-0.05, 0) is 126 Å². The molecule has 0 unspecified atom stereocenters. The van der Waals surface area contributed by atoms with E-state index in [2.05, 4.69) is 30.0 Å². The maximum Gasteiger partial charge on any atom is 0.423 e. The van der Waals surface area contributed by atoms with Crippen molar-refractivity contribution in [3.8, 4) is 34.5 Å². The summed E-state index contributed by atoms with van der Waals surface area (Å²) in [4.78, 5) is 32.8. The van der Waals surface area contributed by atoms with Gasteiger partial charge in [-0.2, -0.15) is 8.78 Å². The summed E-state index contributed by atoms with van der Waals surface area (Å²) in [6, 6.07) is 16.0. The van der Waals surface area contributed by atoms with E-state index in [4.69, 9.17) is 18.9 Å². The standard InChI is InChI=1S/C48H47F5N2O6/c1-54-18-16-47-14-8-6-12-31(47)35(54)24-29-33(47)20-27(58-26-10-4-3-5-11-26)22-37(29)60-45(56)46(57)61-38-23-28(59-44-42(52)40(50)39(49)41(51)43(44)53)21-34-30(38)25-36-32-13-7-9-15-48(32,34)17-19-55(36)2/h3-5,10-11,20-23,31-32,35-36H,6-9,12-19,24-25H2,1-2H3/t31-,32-,35+,36+,47+,48+/m0/s1. The number of ether oxygens (including phenoxy) is 4. The van der Waals surface area contributed by atoms with E-state index in [0.29, 0.717) is 35.8 Å². The Kier molecular flexibility index (Phi) is 9.93. The predicted molar refractivity (Wildman–Crippen MR) is 214 cm³/mol. The molecule has 0 spiro atoms. The molecule has 8 nitrogen and oxygen atoms in total. The van der Waals surface area contributed by atoms with Gasteiger partial charge >= 0.3 is 11.9 Å². The van der Waals surface area contributed by atoms with Crippen molar-refractivity contribution in [3.05, 3.63) is 106 Å². The lowest BCUT2D eigenvalue weighted by molar-refractivity contribution is -0.156. The maximum atomic E-state index is 15.0. The molecule has 4 bridgehead atoms. The zero-order valence-corrected chi connectivity index (χ0v) is 34.1. The summed E-state index contributed by atoms with van der Waals surface area (Å²) < 4.78 is 96.6. The number of halogens is 5. The number of likely N-dealkylation sites (tertiary alicyclic amines) is 2. The number of carbonyl (C=O) groups excluding carboxylic acids is 2. The van der Waals surface area contributed by atoms with Crippen LogP contribution in [0.1, 0.15) is 86.5 Å². The minimum atomic E-state index is -2.31. The number of nitrogens with zero attached hydrogens (tertiary/aromatic N) is 2. The van der Waals surface area contributed by atoms with E-state index in [9.17, 15) is 22.8 Å². The Morgan fingerprint density at radius 1 is 0.574 bits per heavy atom. The normalized spacial score (nSPS) is 27.8. The molecule has 0 N–H and O–H groups in total. The van der Waals surface area contributed by atoms with E-state index in [1.54, 1.807) is 12.1 Å². The molecule has 6 aliphatic rings. The van der Waals surface area contributed by atoms with Crippen molar-refractivity contribution in [1.29, 1.82) is 0 Å². The summed E-state index contributed by atoms with van der Waals surface area (Å²) >= 11 is 0. The van der Waals surface area contributed by atoms with Crippen molar-refractivity contribution in [2.45, 2.75) is 100.0 Å². The smallest absolute Gasteiger partial charge is 0.423 e. The number of carbonyl (C=O) groups is 2. The third-order valence-electron chi connectivity index (χ3n) is 15.3. The van der Waals surface area contributed by atoms with Gasteiger partial charge in [0.15, 0.2) is 0 Å². The van der Waals surface area contributed by atoms with Crippen molar-refractivity contribution in [1.82, 2.24) is 9.80 Å². The predicted octanol–water partition coefficient (Wildman–Crippen LogP) is 9.85. The number of hydrogen-bond acceptors (Lipinski definition) is 8. The fourth-order valence-electron chi connectivity index (χ4n) is 12.5. The molecular weight excluding hydrogens is 796 g/mol. The van der Waals surface area contributed by atoms with Crippen molar-refractivity contribution >= 4 is 11.9 Å². The lowest BCUT2D eigenvalue weighted by Crippen LogP contribution is -2.59. The van der Waals surface area contributed by atoms with E-state index in [-0.39, 0.29) is 40.7 Å². The van der Waals surface area contributed by atoms with E-state index in [0.717, 1.165) is 94.0 Å². The molecular formula is C48H47F5N2O6. The molecule has 2 saturated heterocycles. The first-order valence-electron chi connectivity index (χ1n) is 21.5. The first kappa shape index (κ1) is 40.1. The summed E-state index contributed by atoms with van der Waals surface area (Å²) in [6.45, 7) is 1.70. The van der Waals surface area contributed by atoms with Gasteiger partial charge in [-0.25, -0.2) is 22.8 Å². The molecule has 4 fully saturated rings. The molecule has 0 aromatic heterocycles. The van der Waals surface area contributed by atoms with Gasteiger partial charge in [0.05, 0.1) is 0 Å². The Balaban J connectivity index is 1.03. The van der Waals surface area contributed by atoms with Crippen molar-refractivity contribution in [2.75, 3.05) is 27.2 Å². The molecule has 13 heteroatoms. The van der Waals surface area contributed by atoms with Gasteiger partial charge in [-0.3, -0.25) is 0 Å². The summed E-state index contributed by atoms with van der Waals surface area (Å²) in [5.41, 5.74) is 2.70. The average Bonchev–Trinajstić information content (AvgIpc) is 3.27. The number of likely N-dealkylation sites (N-methyl/N-ethyl adjacent to an activating group) is 2. The third kappa shape index (κ3) is 6.43. The molecule has 4 aromatic rings. The van der Waals surface area contributed by atoms with Crippen LogP contribution < -0.4 is 18.9 Å². The molecule has 2 heterocycles. The number of hydrogen-bond donors (Lipinski definition) is 0. The largest absolute Gasteiger partial charge is 0.457 e. The summed E-state index contributed by atoms with van der Waals surface area (Å²) in [5, 5.41) is 0. The van der Waals surface area contributed by atoms with Crippen LogP contribution in [0.25, 0.3) is 0 Å². The molecule has 0 amide bonds. The Hall–Kier alpha value is -5.01. The maximum absolute atomic E-state index is 15.0. The number of para-hydroxylation sites is 1. The monoisotopic (exact) mass is 842 g/mol. The average molecular weight is 843 g/mol. The van der Waals surface area contributed by atoms with Gasteiger partial charge in [-0.15, -0.1) is 0 Å². The Morgan fingerprint density at radius 2 is 1.03 bits per heavy atom. The van der Waals surface area contributed by atoms with E-state index >= 15 is 8.78 Å². The van der Waals surface area contributed by atoms with Crippen LogP contribution >= 0.6 is 0 Å². The van der Waals surface area contributed by atoms with Gasteiger partial charge in [0.2, 0.25) is 34.8 Å². The van der Waals surface area contributed by atoms with Crippen LogP contribution in [-0.4, -0.2) is 61.0 Å². The number of esters is 2. The second-order valence-electron chi connectivity index (χ2n) is 18.1. The van der Waals surface area contributed by atoms with E-state index in [1.807, 2.05) is 30.3 Å².